The lowest BCUT2D eigenvalue weighted by molar-refractivity contribution is 0.112. The van der Waals surface area contributed by atoms with Gasteiger partial charge in [0.1, 0.15) is 12.9 Å². The second-order valence-corrected chi connectivity index (χ2v) is 5.86. The van der Waals surface area contributed by atoms with E-state index in [2.05, 4.69) is 0 Å². The Bertz CT molecular complexity index is 852. The number of benzene rings is 3. The molecule has 0 spiro atoms. The summed E-state index contributed by atoms with van der Waals surface area (Å²) in [4.78, 5) is 11.3. The van der Waals surface area contributed by atoms with E-state index in [0.29, 0.717) is 23.7 Å². The molecule has 3 nitrogen and oxygen atoms in total. The monoisotopic (exact) mass is 332 g/mol. The van der Waals surface area contributed by atoms with Gasteiger partial charge < -0.3 is 9.47 Å². The van der Waals surface area contributed by atoms with Gasteiger partial charge in [0, 0.05) is 11.1 Å². The molecule has 0 aliphatic heterocycles. The molecule has 3 aromatic rings. The van der Waals surface area contributed by atoms with Crippen LogP contribution in [0.4, 0.5) is 0 Å². The van der Waals surface area contributed by atoms with Crippen LogP contribution in [0.2, 0.25) is 0 Å². The predicted molar refractivity (Wildman–Crippen MR) is 99.3 cm³/mol. The molecule has 0 saturated carbocycles. The van der Waals surface area contributed by atoms with E-state index in [1.54, 1.807) is 13.2 Å². The number of aryl methyl sites for hydroxylation is 1. The van der Waals surface area contributed by atoms with Crippen molar-refractivity contribution in [1.29, 1.82) is 0 Å². The van der Waals surface area contributed by atoms with Gasteiger partial charge in [0.05, 0.1) is 7.11 Å². The standard InChI is InChI=1S/C22H20O3/c1-16-8-10-19(11-9-16)20-12-18(14-23)13-21(24-2)22(20)25-15-17-6-4-3-5-7-17/h3-14H,15H2,1-2H3. The van der Waals surface area contributed by atoms with Crippen molar-refractivity contribution in [3.05, 3.63) is 83.4 Å². The van der Waals surface area contributed by atoms with Crippen LogP contribution in [-0.2, 0) is 6.61 Å². The second kappa shape index (κ2) is 7.67. The fourth-order valence-corrected chi connectivity index (χ4v) is 2.67. The molecule has 25 heavy (non-hydrogen) atoms. The van der Waals surface area contributed by atoms with E-state index in [4.69, 9.17) is 9.47 Å². The van der Waals surface area contributed by atoms with Gasteiger partial charge >= 0.3 is 0 Å². The summed E-state index contributed by atoms with van der Waals surface area (Å²) in [6.07, 6.45) is 0.821. The average molecular weight is 332 g/mol. The van der Waals surface area contributed by atoms with Gasteiger partial charge in [0.2, 0.25) is 0 Å². The molecule has 0 N–H and O–H groups in total. The number of ether oxygens (including phenoxy) is 2. The van der Waals surface area contributed by atoms with Gasteiger partial charge in [-0.3, -0.25) is 4.79 Å². The fraction of sp³-hybridized carbons (Fsp3) is 0.136. The number of hydrogen-bond acceptors (Lipinski definition) is 3. The normalized spacial score (nSPS) is 10.3. The van der Waals surface area contributed by atoms with Crippen LogP contribution in [0.15, 0.2) is 66.7 Å². The lowest BCUT2D eigenvalue weighted by atomic mass is 10.0. The summed E-state index contributed by atoms with van der Waals surface area (Å²) in [5.41, 5.74) is 4.63. The Morgan fingerprint density at radius 3 is 2.32 bits per heavy atom. The number of methoxy groups -OCH3 is 1. The second-order valence-electron chi connectivity index (χ2n) is 5.86. The average Bonchev–Trinajstić information content (AvgIpc) is 2.67. The summed E-state index contributed by atoms with van der Waals surface area (Å²) in [7, 11) is 1.58. The lowest BCUT2D eigenvalue weighted by Gasteiger charge is -2.16. The smallest absolute Gasteiger partial charge is 0.169 e. The van der Waals surface area contributed by atoms with Crippen LogP contribution in [0.1, 0.15) is 21.5 Å². The van der Waals surface area contributed by atoms with E-state index >= 15 is 0 Å². The summed E-state index contributed by atoms with van der Waals surface area (Å²) in [5, 5.41) is 0. The quantitative estimate of drug-likeness (QED) is 0.592. The minimum atomic E-state index is 0.427. The molecular weight excluding hydrogens is 312 g/mol. The van der Waals surface area contributed by atoms with Gasteiger partial charge in [0.15, 0.2) is 11.5 Å². The molecule has 0 aromatic heterocycles. The highest BCUT2D eigenvalue weighted by Crippen LogP contribution is 2.39. The molecule has 0 amide bonds. The first-order valence-electron chi connectivity index (χ1n) is 8.12. The highest BCUT2D eigenvalue weighted by Gasteiger charge is 2.15. The van der Waals surface area contributed by atoms with Crippen LogP contribution >= 0.6 is 0 Å². The summed E-state index contributed by atoms with van der Waals surface area (Å²) in [5.74, 6) is 1.19. The maximum atomic E-state index is 11.3. The van der Waals surface area contributed by atoms with Crippen molar-refractivity contribution < 1.29 is 14.3 Å². The molecule has 3 rings (SSSR count). The SMILES string of the molecule is COc1cc(C=O)cc(-c2ccc(C)cc2)c1OCc1ccccc1. The van der Waals surface area contributed by atoms with Crippen LogP contribution in [-0.4, -0.2) is 13.4 Å². The van der Waals surface area contributed by atoms with E-state index in [1.807, 2.05) is 67.6 Å². The molecule has 0 aliphatic carbocycles. The van der Waals surface area contributed by atoms with Crippen molar-refractivity contribution >= 4 is 6.29 Å². The topological polar surface area (TPSA) is 35.5 Å². The minimum Gasteiger partial charge on any atom is -0.493 e. The molecule has 0 radical (unpaired) electrons. The highest BCUT2D eigenvalue weighted by atomic mass is 16.5. The van der Waals surface area contributed by atoms with Crippen molar-refractivity contribution in [2.75, 3.05) is 7.11 Å². The Morgan fingerprint density at radius 2 is 1.68 bits per heavy atom. The zero-order chi connectivity index (χ0) is 17.6. The molecular formula is C22H20O3. The summed E-state index contributed by atoms with van der Waals surface area (Å²) >= 11 is 0. The van der Waals surface area contributed by atoms with Crippen LogP contribution in [0.25, 0.3) is 11.1 Å². The number of aldehydes is 1. The zero-order valence-corrected chi connectivity index (χ0v) is 14.4. The maximum absolute atomic E-state index is 11.3. The largest absolute Gasteiger partial charge is 0.493 e. The maximum Gasteiger partial charge on any atom is 0.169 e. The number of hydrogen-bond donors (Lipinski definition) is 0. The molecule has 3 aromatic carbocycles. The van der Waals surface area contributed by atoms with Crippen molar-refractivity contribution in [2.24, 2.45) is 0 Å². The van der Waals surface area contributed by atoms with E-state index in [1.165, 1.54) is 5.56 Å². The molecule has 0 unspecified atom stereocenters. The van der Waals surface area contributed by atoms with Crippen LogP contribution < -0.4 is 9.47 Å². The molecule has 126 valence electrons. The van der Waals surface area contributed by atoms with E-state index < -0.39 is 0 Å². The van der Waals surface area contributed by atoms with Crippen LogP contribution in [0.5, 0.6) is 11.5 Å². The van der Waals surface area contributed by atoms with E-state index in [-0.39, 0.29) is 0 Å². The van der Waals surface area contributed by atoms with Gasteiger partial charge in [-0.05, 0) is 30.2 Å². The summed E-state index contributed by atoms with van der Waals surface area (Å²) in [6, 6.07) is 21.6. The van der Waals surface area contributed by atoms with Gasteiger partial charge in [-0.15, -0.1) is 0 Å². The third-order valence-electron chi connectivity index (χ3n) is 4.02. The van der Waals surface area contributed by atoms with Gasteiger partial charge in [-0.25, -0.2) is 0 Å². The zero-order valence-electron chi connectivity index (χ0n) is 14.4. The minimum absolute atomic E-state index is 0.427. The van der Waals surface area contributed by atoms with Crippen molar-refractivity contribution in [1.82, 2.24) is 0 Å². The fourth-order valence-electron chi connectivity index (χ4n) is 2.67. The summed E-state index contributed by atoms with van der Waals surface area (Å²) < 4.78 is 11.6. The molecule has 0 heterocycles. The van der Waals surface area contributed by atoms with E-state index in [0.717, 1.165) is 23.0 Å². The predicted octanol–water partition coefficient (Wildman–Crippen LogP) is 5.06. The summed E-state index contributed by atoms with van der Waals surface area (Å²) in [6.45, 7) is 2.47. The van der Waals surface area contributed by atoms with Crippen LogP contribution in [0, 0.1) is 6.92 Å². The third kappa shape index (κ3) is 3.89. The molecule has 3 heteroatoms. The Balaban J connectivity index is 2.04. The number of rotatable bonds is 6. The first-order chi connectivity index (χ1) is 12.2. The molecule has 0 saturated heterocycles. The molecule has 0 aliphatic rings. The third-order valence-corrected chi connectivity index (χ3v) is 4.02. The van der Waals surface area contributed by atoms with Crippen molar-refractivity contribution in [3.8, 4) is 22.6 Å². The van der Waals surface area contributed by atoms with Gasteiger partial charge in [-0.1, -0.05) is 60.2 Å². The Labute approximate surface area is 147 Å². The lowest BCUT2D eigenvalue weighted by Crippen LogP contribution is -2.01. The Hall–Kier alpha value is -3.07. The Morgan fingerprint density at radius 1 is 0.960 bits per heavy atom. The molecule has 0 atom stereocenters. The van der Waals surface area contributed by atoms with Crippen molar-refractivity contribution in [3.63, 3.8) is 0 Å². The van der Waals surface area contributed by atoms with Gasteiger partial charge in [-0.2, -0.15) is 0 Å². The first-order valence-corrected chi connectivity index (χ1v) is 8.12. The van der Waals surface area contributed by atoms with Crippen LogP contribution in [0.3, 0.4) is 0 Å². The highest BCUT2D eigenvalue weighted by molar-refractivity contribution is 5.84. The van der Waals surface area contributed by atoms with Gasteiger partial charge in [0.25, 0.3) is 0 Å². The molecule has 0 fully saturated rings. The van der Waals surface area contributed by atoms with E-state index in [9.17, 15) is 4.79 Å². The Kier molecular flexibility index (Phi) is 5.14. The number of carbonyl (C=O) groups is 1. The van der Waals surface area contributed by atoms with Crippen molar-refractivity contribution in [2.45, 2.75) is 13.5 Å². The number of carbonyl (C=O) groups excluding carboxylic acids is 1. The first kappa shape index (κ1) is 16.8. The molecule has 0 bridgehead atoms.